The molecule has 116 valence electrons. The molecule has 1 aromatic rings. The topological polar surface area (TPSA) is 109 Å². The molecule has 0 radical (unpaired) electrons. The van der Waals surface area contributed by atoms with Crippen LogP contribution in [0.2, 0.25) is 10.0 Å². The second-order valence-corrected chi connectivity index (χ2v) is 8.05. The first kappa shape index (κ1) is 16.7. The molecule has 0 aromatic heterocycles. The summed E-state index contributed by atoms with van der Waals surface area (Å²) in [6.45, 7) is -0.267. The molecule has 5 atom stereocenters. The second-order valence-electron chi connectivity index (χ2n) is 4.75. The molecule has 3 N–H and O–H groups in total. The van der Waals surface area contributed by atoms with Gasteiger partial charge in [0.2, 0.25) is 0 Å². The Morgan fingerprint density at radius 1 is 1.33 bits per heavy atom. The molecular formula is C12H15Cl2N3O3S. The molecule has 1 fully saturated rings. The predicted octanol–water partition coefficient (Wildman–Crippen LogP) is 2.13. The van der Waals surface area contributed by atoms with Crippen molar-refractivity contribution in [1.82, 2.24) is 0 Å². The highest BCUT2D eigenvalue weighted by Gasteiger charge is 2.41. The highest BCUT2D eigenvalue weighted by Crippen LogP contribution is 2.48. The summed E-state index contributed by atoms with van der Waals surface area (Å²) >= 11 is 11.9. The van der Waals surface area contributed by atoms with Crippen molar-refractivity contribution in [1.29, 1.82) is 0 Å². The monoisotopic (exact) mass is 351 g/mol. The molecule has 0 saturated carbocycles. The quantitative estimate of drug-likeness (QED) is 0.289. The SMILES string of the molecule is [N-]=[N+]=N[C@@H]1[C@@H](O)[C@@H](CO)[SH](c2ccc(Cl)c(Cl)c2)C[C@@H]1O. The number of benzene rings is 1. The van der Waals surface area contributed by atoms with Gasteiger partial charge >= 0.3 is 0 Å². The Morgan fingerprint density at radius 2 is 2.05 bits per heavy atom. The van der Waals surface area contributed by atoms with E-state index in [9.17, 15) is 15.3 Å². The van der Waals surface area contributed by atoms with Crippen molar-refractivity contribution in [3.8, 4) is 0 Å². The number of hydrogen-bond acceptors (Lipinski definition) is 4. The summed E-state index contributed by atoms with van der Waals surface area (Å²) in [4.78, 5) is 3.47. The van der Waals surface area contributed by atoms with Crippen molar-refractivity contribution >= 4 is 34.1 Å². The van der Waals surface area contributed by atoms with E-state index in [0.29, 0.717) is 15.8 Å². The highest BCUT2D eigenvalue weighted by molar-refractivity contribution is 8.17. The maximum absolute atomic E-state index is 10.3. The van der Waals surface area contributed by atoms with Crippen LogP contribution in [0.3, 0.4) is 0 Å². The number of thiol groups is 1. The maximum Gasteiger partial charge on any atom is 0.0911 e. The lowest BCUT2D eigenvalue weighted by atomic mass is 10.0. The van der Waals surface area contributed by atoms with Crippen molar-refractivity contribution in [2.75, 3.05) is 12.4 Å². The largest absolute Gasteiger partial charge is 0.395 e. The third kappa shape index (κ3) is 3.40. The van der Waals surface area contributed by atoms with Crippen LogP contribution < -0.4 is 0 Å². The van der Waals surface area contributed by atoms with Crippen LogP contribution in [0.25, 0.3) is 10.4 Å². The summed E-state index contributed by atoms with van der Waals surface area (Å²) in [5, 5.41) is 33.7. The van der Waals surface area contributed by atoms with Crippen molar-refractivity contribution in [3.05, 3.63) is 38.7 Å². The van der Waals surface area contributed by atoms with Crippen LogP contribution in [0, 0.1) is 0 Å². The van der Waals surface area contributed by atoms with E-state index in [1.807, 2.05) is 0 Å². The van der Waals surface area contributed by atoms with E-state index >= 15 is 0 Å². The van der Waals surface area contributed by atoms with Gasteiger partial charge in [0.05, 0.1) is 34.9 Å². The first-order valence-electron chi connectivity index (χ1n) is 6.22. The fourth-order valence-corrected chi connectivity index (χ4v) is 5.62. The highest BCUT2D eigenvalue weighted by atomic mass is 35.5. The molecule has 0 bridgehead atoms. The molecule has 0 spiro atoms. The Morgan fingerprint density at radius 3 is 2.62 bits per heavy atom. The number of aliphatic hydroxyl groups is 3. The lowest BCUT2D eigenvalue weighted by molar-refractivity contribution is 0.0474. The molecular weight excluding hydrogens is 337 g/mol. The molecule has 9 heteroatoms. The van der Waals surface area contributed by atoms with Gasteiger partial charge in [0.1, 0.15) is 0 Å². The minimum absolute atomic E-state index is 0.267. The van der Waals surface area contributed by atoms with Crippen molar-refractivity contribution in [2.45, 2.75) is 28.4 Å². The number of nitrogens with zero attached hydrogens (tertiary/aromatic N) is 3. The lowest BCUT2D eigenvalue weighted by Gasteiger charge is -2.43. The van der Waals surface area contributed by atoms with Gasteiger partial charge in [0, 0.05) is 15.9 Å². The van der Waals surface area contributed by atoms with Gasteiger partial charge in [-0.2, -0.15) is 0 Å². The lowest BCUT2D eigenvalue weighted by Crippen LogP contribution is -2.51. The normalized spacial score (nSPS) is 34.2. The summed E-state index contributed by atoms with van der Waals surface area (Å²) < 4.78 is 0. The summed E-state index contributed by atoms with van der Waals surface area (Å²) in [5.74, 6) is 0.319. The Hall–Kier alpha value is -0.660. The van der Waals surface area contributed by atoms with Gasteiger partial charge in [-0.3, -0.25) is 0 Å². The van der Waals surface area contributed by atoms with Crippen LogP contribution in [-0.4, -0.2) is 51.2 Å². The van der Waals surface area contributed by atoms with Gasteiger partial charge in [-0.25, -0.2) is 10.9 Å². The van der Waals surface area contributed by atoms with Gasteiger partial charge in [-0.1, -0.05) is 28.3 Å². The minimum Gasteiger partial charge on any atom is -0.395 e. The number of azide groups is 1. The molecule has 1 aliphatic heterocycles. The fourth-order valence-electron chi connectivity index (χ4n) is 2.46. The summed E-state index contributed by atoms with van der Waals surface area (Å²) in [6, 6.07) is 4.16. The van der Waals surface area contributed by atoms with Crippen LogP contribution in [0.15, 0.2) is 28.2 Å². The second kappa shape index (κ2) is 7.07. The van der Waals surface area contributed by atoms with Crippen LogP contribution in [0.5, 0.6) is 0 Å². The Kier molecular flexibility index (Phi) is 5.62. The average Bonchev–Trinajstić information content (AvgIpc) is 2.46. The van der Waals surface area contributed by atoms with E-state index in [1.54, 1.807) is 18.2 Å². The summed E-state index contributed by atoms with van der Waals surface area (Å²) in [7, 11) is -1.05. The molecule has 0 amide bonds. The third-order valence-corrected chi connectivity index (χ3v) is 7.25. The molecule has 1 unspecified atom stereocenters. The molecule has 0 aliphatic carbocycles. The third-order valence-electron chi connectivity index (χ3n) is 3.53. The van der Waals surface area contributed by atoms with E-state index in [4.69, 9.17) is 28.7 Å². The van der Waals surface area contributed by atoms with Gasteiger partial charge in [0.15, 0.2) is 0 Å². The van der Waals surface area contributed by atoms with Crippen LogP contribution in [-0.2, 0) is 0 Å². The standard InChI is InChI=1S/C12H15Cl2N3O3S/c13-7-2-1-6(3-8(7)14)21-5-9(19)11(16-17-15)12(20)10(21)4-18/h1-3,9-12,18-21H,4-5H2/t9-,10+,11-,12-/m0/s1. The molecule has 6 nitrogen and oxygen atoms in total. The summed E-state index contributed by atoms with van der Waals surface area (Å²) in [6.07, 6.45) is -2.06. The number of aliphatic hydroxyl groups excluding tert-OH is 3. The van der Waals surface area contributed by atoms with E-state index in [0.717, 1.165) is 4.90 Å². The first-order chi connectivity index (χ1) is 9.99. The maximum atomic E-state index is 10.3. The van der Waals surface area contributed by atoms with Crippen LogP contribution in [0.4, 0.5) is 0 Å². The number of rotatable bonds is 3. The summed E-state index contributed by atoms with van der Waals surface area (Å²) in [5.41, 5.74) is 8.51. The average molecular weight is 352 g/mol. The number of hydrogen-bond donors (Lipinski definition) is 4. The van der Waals surface area contributed by atoms with E-state index in [2.05, 4.69) is 10.0 Å². The van der Waals surface area contributed by atoms with Gasteiger partial charge in [-0.15, -0.1) is 0 Å². The minimum atomic E-state index is -1.10. The van der Waals surface area contributed by atoms with Crippen molar-refractivity contribution in [3.63, 3.8) is 0 Å². The fraction of sp³-hybridized carbons (Fsp3) is 0.500. The van der Waals surface area contributed by atoms with E-state index in [-0.39, 0.29) is 6.61 Å². The zero-order valence-corrected chi connectivity index (χ0v) is 13.2. The zero-order valence-electron chi connectivity index (χ0n) is 10.8. The molecule has 1 saturated heterocycles. The zero-order chi connectivity index (χ0) is 15.6. The van der Waals surface area contributed by atoms with Crippen molar-refractivity contribution < 1.29 is 15.3 Å². The first-order valence-corrected chi connectivity index (χ1v) is 8.57. The Balaban J connectivity index is 2.35. The Labute approximate surface area is 134 Å². The van der Waals surface area contributed by atoms with E-state index in [1.165, 1.54) is 0 Å². The van der Waals surface area contributed by atoms with Gasteiger partial charge in [0.25, 0.3) is 0 Å². The predicted molar refractivity (Wildman–Crippen MR) is 84.4 cm³/mol. The smallest absolute Gasteiger partial charge is 0.0911 e. The Bertz CT molecular complexity index is 571. The van der Waals surface area contributed by atoms with Gasteiger partial charge < -0.3 is 15.3 Å². The van der Waals surface area contributed by atoms with Gasteiger partial charge in [-0.05, 0) is 28.6 Å². The van der Waals surface area contributed by atoms with Crippen LogP contribution >= 0.6 is 34.1 Å². The van der Waals surface area contributed by atoms with E-state index < -0.39 is 34.4 Å². The van der Waals surface area contributed by atoms with Crippen molar-refractivity contribution in [2.24, 2.45) is 5.11 Å². The molecule has 1 aromatic carbocycles. The van der Waals surface area contributed by atoms with Crippen LogP contribution in [0.1, 0.15) is 0 Å². The molecule has 1 aliphatic rings. The molecule has 1 heterocycles. The number of halogens is 2. The molecule has 2 rings (SSSR count). The molecule has 21 heavy (non-hydrogen) atoms.